The van der Waals surface area contributed by atoms with Gasteiger partial charge in [-0.3, -0.25) is 14.8 Å². The second kappa shape index (κ2) is 18.2. The number of nitrogens with zero attached hydrogens (tertiary/aromatic N) is 4. The smallest absolute Gasteiger partial charge is 0.268 e. The van der Waals surface area contributed by atoms with Crippen LogP contribution in [0.2, 0.25) is 10.0 Å². The van der Waals surface area contributed by atoms with Gasteiger partial charge in [0.15, 0.2) is 0 Å². The second-order valence-corrected chi connectivity index (χ2v) is 19.7. The third kappa shape index (κ3) is 10.1. The number of rotatable bonds is 13. The van der Waals surface area contributed by atoms with E-state index in [2.05, 4.69) is 48.8 Å². The molecule has 328 valence electrons. The van der Waals surface area contributed by atoms with E-state index in [-0.39, 0.29) is 38.6 Å². The first-order valence-electron chi connectivity index (χ1n) is 21.0. The lowest BCUT2D eigenvalue weighted by Gasteiger charge is -2.40. The molecule has 0 radical (unpaired) electrons. The van der Waals surface area contributed by atoms with Gasteiger partial charge in [-0.2, -0.15) is 5.10 Å². The number of anilines is 1. The number of ether oxygens (including phenoxy) is 3. The van der Waals surface area contributed by atoms with Gasteiger partial charge in [0.25, 0.3) is 15.9 Å². The van der Waals surface area contributed by atoms with Gasteiger partial charge < -0.3 is 24.2 Å². The predicted molar refractivity (Wildman–Crippen MR) is 241 cm³/mol. The Morgan fingerprint density at radius 2 is 1.73 bits per heavy atom. The van der Waals surface area contributed by atoms with Crippen molar-refractivity contribution in [3.8, 4) is 17.4 Å². The van der Waals surface area contributed by atoms with Gasteiger partial charge in [0.05, 0.1) is 46.7 Å². The molecule has 3 aromatic carbocycles. The van der Waals surface area contributed by atoms with Gasteiger partial charge in [-0.1, -0.05) is 41.4 Å². The Kier molecular flexibility index (Phi) is 12.9. The summed E-state index contributed by atoms with van der Waals surface area (Å²) in [5.41, 5.74) is 4.62. The number of sulfonamides is 1. The number of fused-ring (bicyclic) bond motifs is 1. The van der Waals surface area contributed by atoms with Crippen LogP contribution in [0.4, 0.5) is 5.69 Å². The molecule has 1 atom stereocenters. The number of aliphatic hydroxyl groups is 1. The van der Waals surface area contributed by atoms with Crippen molar-refractivity contribution in [1.82, 2.24) is 24.8 Å². The molecule has 2 aromatic heterocycles. The Labute approximate surface area is 372 Å². The molecule has 3 aliphatic rings. The molecule has 13 nitrogen and oxygen atoms in total. The maximum absolute atomic E-state index is 13.9. The largest absolute Gasteiger partial charge is 0.476 e. The van der Waals surface area contributed by atoms with Crippen molar-refractivity contribution < 1.29 is 32.5 Å². The highest BCUT2D eigenvalue weighted by molar-refractivity contribution is 7.90. The van der Waals surface area contributed by atoms with Crippen LogP contribution in [0.3, 0.4) is 0 Å². The molecule has 1 saturated heterocycles. The summed E-state index contributed by atoms with van der Waals surface area (Å²) in [4.78, 5) is 22.5. The minimum atomic E-state index is -4.43. The van der Waals surface area contributed by atoms with Crippen molar-refractivity contribution in [2.75, 3.05) is 51.3 Å². The first-order valence-corrected chi connectivity index (χ1v) is 23.2. The van der Waals surface area contributed by atoms with Gasteiger partial charge >= 0.3 is 0 Å². The maximum Gasteiger partial charge on any atom is 0.268 e. The number of aromatic amines is 1. The fourth-order valence-corrected chi connectivity index (χ4v) is 10.0. The average molecular weight is 904 g/mol. The number of carbonyl (C=O) groups is 1. The van der Waals surface area contributed by atoms with Crippen LogP contribution < -0.4 is 19.1 Å². The Morgan fingerprint density at radius 1 is 0.968 bits per heavy atom. The fraction of sp³-hybridized carbons (Fsp3) is 0.413. The summed E-state index contributed by atoms with van der Waals surface area (Å²) in [6.45, 7) is 8.22. The normalized spacial score (nSPS) is 22.5. The molecular weight excluding hydrogens is 852 g/mol. The number of amides is 1. The van der Waals surface area contributed by atoms with Gasteiger partial charge in [0.2, 0.25) is 5.88 Å². The van der Waals surface area contributed by atoms with Crippen LogP contribution in [0.25, 0.3) is 16.5 Å². The lowest BCUT2D eigenvalue weighted by molar-refractivity contribution is -0.00393. The Hall–Kier alpha value is -4.70. The van der Waals surface area contributed by atoms with Crippen molar-refractivity contribution >= 4 is 61.3 Å². The quantitative estimate of drug-likeness (QED) is 0.104. The van der Waals surface area contributed by atoms with Crippen molar-refractivity contribution in [2.24, 2.45) is 5.92 Å². The van der Waals surface area contributed by atoms with Crippen LogP contribution >= 0.6 is 23.2 Å². The molecule has 8 rings (SSSR count). The molecule has 0 bridgehead atoms. The highest BCUT2D eigenvalue weighted by atomic mass is 35.5. The van der Waals surface area contributed by atoms with Crippen molar-refractivity contribution in [2.45, 2.75) is 74.9 Å². The van der Waals surface area contributed by atoms with Crippen molar-refractivity contribution in [1.29, 1.82) is 0 Å². The summed E-state index contributed by atoms with van der Waals surface area (Å²) in [5.74, 6) is 0.0457. The van der Waals surface area contributed by atoms with E-state index in [0.717, 1.165) is 82.2 Å². The lowest BCUT2D eigenvalue weighted by Crippen LogP contribution is -2.47. The summed E-state index contributed by atoms with van der Waals surface area (Å²) in [6, 6.07) is 19.9. The number of piperazine rings is 1. The Bertz CT molecular complexity index is 2570. The number of pyridine rings is 1. The van der Waals surface area contributed by atoms with E-state index >= 15 is 0 Å². The van der Waals surface area contributed by atoms with Crippen LogP contribution in [-0.2, 0) is 14.8 Å². The Balaban J connectivity index is 0.985. The molecule has 3 heterocycles. The van der Waals surface area contributed by atoms with Crippen LogP contribution in [0.1, 0.15) is 74.7 Å². The van der Waals surface area contributed by atoms with Crippen LogP contribution in [0, 0.1) is 5.92 Å². The number of hydrogen-bond donors (Lipinski definition) is 3. The Morgan fingerprint density at radius 3 is 2.45 bits per heavy atom. The van der Waals surface area contributed by atoms with Crippen molar-refractivity contribution in [3.05, 3.63) is 106 Å². The molecule has 62 heavy (non-hydrogen) atoms. The fourth-order valence-electron chi connectivity index (χ4n) is 8.66. The molecule has 1 aliphatic heterocycles. The predicted octanol–water partition coefficient (Wildman–Crippen LogP) is 8.66. The first kappa shape index (κ1) is 43.9. The zero-order chi connectivity index (χ0) is 43.6. The summed E-state index contributed by atoms with van der Waals surface area (Å²) in [5, 5.41) is 18.8. The highest BCUT2D eigenvalue weighted by Crippen LogP contribution is 2.41. The third-order valence-corrected chi connectivity index (χ3v) is 14.4. The minimum absolute atomic E-state index is 0.00396. The molecule has 16 heteroatoms. The summed E-state index contributed by atoms with van der Waals surface area (Å²) >= 11 is 12.7. The molecule has 2 aliphatic carbocycles. The number of carbonyl (C=O) groups excluding carboxylic acids is 1. The van der Waals surface area contributed by atoms with E-state index in [0.29, 0.717) is 35.6 Å². The van der Waals surface area contributed by atoms with Gasteiger partial charge in [0, 0.05) is 56.6 Å². The zero-order valence-corrected chi connectivity index (χ0v) is 37.5. The maximum atomic E-state index is 13.9. The topological polar surface area (TPSA) is 159 Å². The van der Waals surface area contributed by atoms with Crippen LogP contribution in [0.15, 0.2) is 89.6 Å². The van der Waals surface area contributed by atoms with Crippen LogP contribution in [0.5, 0.6) is 17.4 Å². The lowest BCUT2D eigenvalue weighted by atomic mass is 9.79. The summed E-state index contributed by atoms with van der Waals surface area (Å²) in [7, 11) is -2.63. The monoisotopic (exact) mass is 902 g/mol. The molecule has 3 N–H and O–H groups in total. The number of halogens is 2. The van der Waals surface area contributed by atoms with E-state index in [1.54, 1.807) is 31.5 Å². The molecule has 1 amide bonds. The standard InChI is InChI=1S/C46H52Cl2N6O7S/c1-45(56)16-13-30(14-17-45)29-60-44-39(48)24-35(26-49-44)62(57,58)52-43(55)37-12-11-34(23-42(37)61-41-6-4-5-40-38(41)27-50-51-40)54-21-19-53(20-22-54)28-32-25-46(2,59-3)18-15-36(32)31-7-9-33(47)10-8-31/h4-12,23-24,26-27,30,56H,13-22,25,28-29H2,1-3H3,(H,50,51)(H,52,55)/t30-,45-,46?. The van der Waals surface area contributed by atoms with Gasteiger partial charge in [-0.15, -0.1) is 0 Å². The van der Waals surface area contributed by atoms with Crippen LogP contribution in [-0.4, -0.2) is 97.2 Å². The number of allylic oxidation sites excluding steroid dienone is 1. The average Bonchev–Trinajstić information content (AvgIpc) is 3.75. The first-order chi connectivity index (χ1) is 29.7. The number of benzene rings is 3. The number of aromatic nitrogens is 3. The van der Waals surface area contributed by atoms with Crippen molar-refractivity contribution in [3.63, 3.8) is 0 Å². The molecule has 0 spiro atoms. The SMILES string of the molecule is COC1(C)CCC(c2ccc(Cl)cc2)=C(CN2CCN(c3ccc(C(=O)NS(=O)(=O)c4cnc(OC[C@H]5CC[C@](C)(O)CC5)c(Cl)c4)c(Oc4cccc5[nH]ncc45)c3)CC2)C1. The molecule has 1 unspecified atom stereocenters. The molecule has 2 fully saturated rings. The van der Waals surface area contributed by atoms with E-state index in [4.69, 9.17) is 37.4 Å². The zero-order valence-electron chi connectivity index (χ0n) is 35.1. The summed E-state index contributed by atoms with van der Waals surface area (Å²) < 4.78 is 47.7. The molecule has 5 aromatic rings. The van der Waals surface area contributed by atoms with E-state index < -0.39 is 21.5 Å². The van der Waals surface area contributed by atoms with E-state index in [9.17, 15) is 18.3 Å². The number of H-pyrrole nitrogens is 1. The van der Waals surface area contributed by atoms with E-state index in [1.807, 2.05) is 37.3 Å². The molecular formula is C46H52Cl2N6O7S. The van der Waals surface area contributed by atoms with Gasteiger partial charge in [-0.25, -0.2) is 18.1 Å². The molecule has 1 saturated carbocycles. The van der Waals surface area contributed by atoms with Gasteiger partial charge in [-0.05, 0) is 124 Å². The number of methoxy groups -OCH3 is 1. The number of nitrogens with one attached hydrogen (secondary N) is 2. The third-order valence-electron chi connectivity index (χ3n) is 12.6. The van der Waals surface area contributed by atoms with Gasteiger partial charge in [0.1, 0.15) is 21.4 Å². The van der Waals surface area contributed by atoms with E-state index in [1.165, 1.54) is 22.8 Å². The summed E-state index contributed by atoms with van der Waals surface area (Å²) in [6.07, 6.45) is 8.41. The number of hydrogen-bond acceptors (Lipinski definition) is 11. The minimum Gasteiger partial charge on any atom is -0.476 e. The highest BCUT2D eigenvalue weighted by Gasteiger charge is 2.34. The second-order valence-electron chi connectivity index (χ2n) is 17.2.